The van der Waals surface area contributed by atoms with Crippen LogP contribution in [0.4, 0.5) is 0 Å². The van der Waals surface area contributed by atoms with Crippen LogP contribution >= 0.6 is 11.3 Å². The average molecular weight is 635 g/mol. The maximum absolute atomic E-state index is 14.2. The molecular weight excluding hydrogens is 604 g/mol. The third-order valence-electron chi connectivity index (χ3n) is 7.39. The number of nitrogens with zero attached hydrogens (tertiary/aromatic N) is 4. The highest BCUT2D eigenvalue weighted by Crippen LogP contribution is 2.32. The molecule has 0 N–H and O–H groups in total. The van der Waals surface area contributed by atoms with E-state index >= 15 is 0 Å². The number of ether oxygens (including phenoxy) is 3. The Kier molecular flexibility index (Phi) is 8.49. The van der Waals surface area contributed by atoms with Crippen molar-refractivity contribution in [3.8, 4) is 28.4 Å². The van der Waals surface area contributed by atoms with Crippen LogP contribution in [0.5, 0.6) is 11.5 Å². The molecule has 46 heavy (non-hydrogen) atoms. The summed E-state index contributed by atoms with van der Waals surface area (Å²) in [5.41, 5.74) is 4.15. The van der Waals surface area contributed by atoms with E-state index in [0.29, 0.717) is 32.0 Å². The van der Waals surface area contributed by atoms with Crippen LogP contribution in [-0.4, -0.2) is 40.0 Å². The van der Waals surface area contributed by atoms with Crippen molar-refractivity contribution in [1.29, 1.82) is 0 Å². The number of allylic oxidation sites excluding steroid dienone is 1. The highest BCUT2D eigenvalue weighted by Gasteiger charge is 2.33. The summed E-state index contributed by atoms with van der Waals surface area (Å²) in [4.78, 5) is 44.1. The lowest BCUT2D eigenvalue weighted by Crippen LogP contribution is -2.39. The number of fused-ring (bicyclic) bond motifs is 1. The van der Waals surface area contributed by atoms with E-state index in [1.54, 1.807) is 56.0 Å². The van der Waals surface area contributed by atoms with Crippen LogP contribution in [0.1, 0.15) is 37.9 Å². The smallest absolute Gasteiger partial charge is 0.338 e. The van der Waals surface area contributed by atoms with Gasteiger partial charge in [0.15, 0.2) is 4.80 Å². The molecule has 0 fully saturated rings. The Hall–Kier alpha value is -5.55. The van der Waals surface area contributed by atoms with Crippen LogP contribution < -0.4 is 24.4 Å². The molecule has 10 nitrogen and oxygen atoms in total. The molecule has 1 aliphatic rings. The molecule has 0 aliphatic carbocycles. The van der Waals surface area contributed by atoms with Gasteiger partial charge in [-0.05, 0) is 74.0 Å². The largest absolute Gasteiger partial charge is 0.497 e. The van der Waals surface area contributed by atoms with Gasteiger partial charge in [-0.1, -0.05) is 41.7 Å². The van der Waals surface area contributed by atoms with Crippen molar-refractivity contribution in [3.05, 3.63) is 127 Å². The van der Waals surface area contributed by atoms with Gasteiger partial charge in [0.05, 0.1) is 41.2 Å². The molecule has 6 rings (SSSR count). The zero-order chi connectivity index (χ0) is 32.4. The predicted molar refractivity (Wildman–Crippen MR) is 174 cm³/mol. The normalized spacial score (nSPS) is 14.4. The fourth-order valence-electron chi connectivity index (χ4n) is 5.31. The standard InChI is InChI=1S/C35H30N4O6S/c1-5-44-34(42)30-21(2)36-35-39(32(30)24-13-17-28(18-14-24)45-22(3)40)33(41)29(46-35)19-25-20-38(26-9-7-6-8-10-26)37-31(25)23-11-15-27(43-4)16-12-23/h6-20,32H,5H2,1-4H3/b29-19+/t32-/m0/s1. The van der Waals surface area contributed by atoms with Crippen molar-refractivity contribution in [2.45, 2.75) is 26.8 Å². The van der Waals surface area contributed by atoms with Crippen molar-refractivity contribution >= 4 is 29.4 Å². The number of carbonyl (C=O) groups is 2. The summed E-state index contributed by atoms with van der Waals surface area (Å²) >= 11 is 1.23. The molecule has 2 aromatic heterocycles. The third-order valence-corrected chi connectivity index (χ3v) is 8.37. The predicted octanol–water partition coefficient (Wildman–Crippen LogP) is 4.58. The van der Waals surface area contributed by atoms with Gasteiger partial charge in [0.2, 0.25) is 0 Å². The maximum atomic E-state index is 14.2. The van der Waals surface area contributed by atoms with Gasteiger partial charge in [-0.25, -0.2) is 14.5 Å². The van der Waals surface area contributed by atoms with Gasteiger partial charge in [0.25, 0.3) is 5.56 Å². The summed E-state index contributed by atoms with van der Waals surface area (Å²) in [7, 11) is 1.61. The van der Waals surface area contributed by atoms with Crippen LogP contribution in [0.25, 0.3) is 23.0 Å². The van der Waals surface area contributed by atoms with Crippen molar-refractivity contribution < 1.29 is 23.8 Å². The Labute approximate surface area is 268 Å². The van der Waals surface area contributed by atoms with E-state index in [4.69, 9.17) is 19.3 Å². The highest BCUT2D eigenvalue weighted by atomic mass is 32.1. The van der Waals surface area contributed by atoms with Gasteiger partial charge < -0.3 is 14.2 Å². The quantitative estimate of drug-likeness (QED) is 0.181. The first kappa shape index (κ1) is 30.5. The molecule has 0 amide bonds. The number of hydrogen-bond acceptors (Lipinski definition) is 9. The number of methoxy groups -OCH3 is 1. The summed E-state index contributed by atoms with van der Waals surface area (Å²) < 4.78 is 19.7. The number of aromatic nitrogens is 3. The van der Waals surface area contributed by atoms with Crippen LogP contribution in [0.15, 0.2) is 106 Å². The molecule has 1 atom stereocenters. The number of carbonyl (C=O) groups excluding carboxylic acids is 2. The molecule has 0 saturated carbocycles. The number of benzene rings is 3. The molecule has 11 heteroatoms. The molecule has 0 spiro atoms. The zero-order valence-electron chi connectivity index (χ0n) is 25.6. The third kappa shape index (κ3) is 5.92. The molecule has 0 radical (unpaired) electrons. The van der Waals surface area contributed by atoms with Crippen molar-refractivity contribution in [2.24, 2.45) is 4.99 Å². The lowest BCUT2D eigenvalue weighted by Gasteiger charge is -2.24. The number of thiazole rings is 1. The van der Waals surface area contributed by atoms with E-state index in [9.17, 15) is 14.4 Å². The van der Waals surface area contributed by atoms with Gasteiger partial charge in [0.1, 0.15) is 17.2 Å². The van der Waals surface area contributed by atoms with Gasteiger partial charge in [-0.2, -0.15) is 5.10 Å². The molecule has 3 aromatic carbocycles. The fraction of sp³-hybridized carbons (Fsp3) is 0.171. The van der Waals surface area contributed by atoms with E-state index in [2.05, 4.69) is 4.99 Å². The number of hydrogen-bond donors (Lipinski definition) is 0. The zero-order valence-corrected chi connectivity index (χ0v) is 26.4. The Bertz CT molecular complexity index is 2140. The number of para-hydroxylation sites is 1. The number of esters is 2. The van der Waals surface area contributed by atoms with E-state index < -0.39 is 18.0 Å². The second-order valence-corrected chi connectivity index (χ2v) is 11.4. The SMILES string of the molecule is CCOC(=O)C1=C(C)N=c2s/c(=C/c3cn(-c4ccccc4)nc3-c3ccc(OC)cc3)c(=O)n2[C@H]1c1ccc(OC(C)=O)cc1. The summed E-state index contributed by atoms with van der Waals surface area (Å²) in [5.74, 6) is 0.0598. The van der Waals surface area contributed by atoms with Gasteiger partial charge >= 0.3 is 11.9 Å². The Morgan fingerprint density at radius 3 is 2.33 bits per heavy atom. The lowest BCUT2D eigenvalue weighted by molar-refractivity contribution is -0.139. The summed E-state index contributed by atoms with van der Waals surface area (Å²) in [6.45, 7) is 4.94. The second kappa shape index (κ2) is 12.8. The topological polar surface area (TPSA) is 114 Å². The van der Waals surface area contributed by atoms with Crippen molar-refractivity contribution in [1.82, 2.24) is 14.3 Å². The Morgan fingerprint density at radius 2 is 1.67 bits per heavy atom. The molecular formula is C35H30N4O6S. The minimum absolute atomic E-state index is 0.164. The summed E-state index contributed by atoms with van der Waals surface area (Å²) in [5, 5.41) is 4.88. The molecule has 0 saturated heterocycles. The second-order valence-electron chi connectivity index (χ2n) is 10.4. The molecule has 232 valence electrons. The van der Waals surface area contributed by atoms with Gasteiger partial charge in [-0.15, -0.1) is 0 Å². The van der Waals surface area contributed by atoms with Crippen LogP contribution in [-0.2, 0) is 14.3 Å². The minimum atomic E-state index is -0.808. The van der Waals surface area contributed by atoms with E-state index in [0.717, 1.165) is 22.6 Å². The minimum Gasteiger partial charge on any atom is -0.497 e. The summed E-state index contributed by atoms with van der Waals surface area (Å²) in [6.07, 6.45) is 3.69. The van der Waals surface area contributed by atoms with E-state index in [1.165, 1.54) is 22.8 Å². The van der Waals surface area contributed by atoms with Crippen LogP contribution in [0.2, 0.25) is 0 Å². The average Bonchev–Trinajstić information content (AvgIpc) is 3.61. The lowest BCUT2D eigenvalue weighted by atomic mass is 9.96. The molecule has 3 heterocycles. The maximum Gasteiger partial charge on any atom is 0.338 e. The van der Waals surface area contributed by atoms with Gasteiger partial charge in [-0.3, -0.25) is 14.2 Å². The molecule has 5 aromatic rings. The Morgan fingerprint density at radius 1 is 0.978 bits per heavy atom. The van der Waals surface area contributed by atoms with E-state index in [1.807, 2.05) is 60.8 Å². The van der Waals surface area contributed by atoms with Gasteiger partial charge in [0, 0.05) is 24.2 Å². The van der Waals surface area contributed by atoms with Crippen LogP contribution in [0, 0.1) is 0 Å². The van der Waals surface area contributed by atoms with Crippen molar-refractivity contribution in [2.75, 3.05) is 13.7 Å². The monoisotopic (exact) mass is 634 g/mol. The molecule has 0 bridgehead atoms. The first-order chi connectivity index (χ1) is 22.3. The Balaban J connectivity index is 1.53. The summed E-state index contributed by atoms with van der Waals surface area (Å²) in [6, 6.07) is 23.2. The van der Waals surface area contributed by atoms with Crippen molar-refractivity contribution in [3.63, 3.8) is 0 Å². The fourth-order valence-corrected chi connectivity index (χ4v) is 6.35. The highest BCUT2D eigenvalue weighted by molar-refractivity contribution is 7.07. The first-order valence-electron chi connectivity index (χ1n) is 14.5. The molecule has 1 aliphatic heterocycles. The first-order valence-corrected chi connectivity index (χ1v) is 15.4. The van der Waals surface area contributed by atoms with E-state index in [-0.39, 0.29) is 17.7 Å². The molecule has 0 unspecified atom stereocenters. The number of rotatable bonds is 8. The van der Waals surface area contributed by atoms with Crippen LogP contribution in [0.3, 0.4) is 0 Å².